The van der Waals surface area contributed by atoms with Gasteiger partial charge in [-0.1, -0.05) is 47.5 Å². The van der Waals surface area contributed by atoms with E-state index in [1.54, 1.807) is 36.4 Å². The van der Waals surface area contributed by atoms with Crippen LogP contribution in [0.5, 0.6) is 23.0 Å². The SMILES string of the molecule is N#CC(=Cc1ccc2c(c1)Oc1c(Cl)c3c(c(Cl)c1=N2)Oc1cc(C=C(C#N)c2cccs2)ccc1N=3)c1cccs1. The second-order valence-corrected chi connectivity index (χ2v) is 11.8. The van der Waals surface area contributed by atoms with Crippen LogP contribution in [0.3, 0.4) is 0 Å². The summed E-state index contributed by atoms with van der Waals surface area (Å²) in [6, 6.07) is 23.1. The zero-order valence-electron chi connectivity index (χ0n) is 21.3. The first kappa shape index (κ1) is 26.2. The van der Waals surface area contributed by atoms with E-state index in [4.69, 9.17) is 42.7 Å². The number of benzene rings is 3. The fraction of sp³-hybridized carbons (Fsp3) is 0. The van der Waals surface area contributed by atoms with Gasteiger partial charge in [-0.2, -0.15) is 10.5 Å². The molecule has 0 saturated heterocycles. The number of rotatable bonds is 4. The van der Waals surface area contributed by atoms with Gasteiger partial charge in [0.25, 0.3) is 0 Å². The molecule has 7 rings (SSSR count). The molecule has 0 radical (unpaired) electrons. The van der Waals surface area contributed by atoms with Crippen molar-refractivity contribution in [2.24, 2.45) is 9.98 Å². The summed E-state index contributed by atoms with van der Waals surface area (Å²) in [5, 5.41) is 24.3. The van der Waals surface area contributed by atoms with Gasteiger partial charge >= 0.3 is 0 Å². The number of allylic oxidation sites excluding steroid dienone is 2. The second kappa shape index (κ2) is 10.6. The molecule has 10 heteroatoms. The van der Waals surface area contributed by atoms with Crippen molar-refractivity contribution in [1.82, 2.24) is 0 Å². The standard InChI is InChI=1S/C32H14Cl2N4O2S2/c33-27-30-32(40-24-14-18(6-8-22(24)38-30)12-20(16-36)26-4-2-10-42-26)28(34)29-31(27)39-23-13-17(5-7-21(23)37-29)11-19(15-35)25-3-1-9-41-25/h1-14H. The van der Waals surface area contributed by atoms with Crippen LogP contribution in [0.15, 0.2) is 81.4 Å². The van der Waals surface area contributed by atoms with Crippen molar-refractivity contribution in [3.63, 3.8) is 0 Å². The molecule has 0 amide bonds. The van der Waals surface area contributed by atoms with Crippen molar-refractivity contribution in [3.8, 4) is 35.1 Å². The van der Waals surface area contributed by atoms with E-state index in [0.29, 0.717) is 44.7 Å². The van der Waals surface area contributed by atoms with Crippen LogP contribution in [0.1, 0.15) is 20.9 Å². The summed E-state index contributed by atoms with van der Waals surface area (Å²) < 4.78 is 12.5. The van der Waals surface area contributed by atoms with Crippen molar-refractivity contribution >= 4 is 80.5 Å². The minimum absolute atomic E-state index is 0.218. The van der Waals surface area contributed by atoms with Crippen molar-refractivity contribution in [1.29, 1.82) is 10.5 Å². The number of nitrogens with zero attached hydrogens (tertiary/aromatic N) is 4. The van der Waals surface area contributed by atoms with Crippen LogP contribution in [0.4, 0.5) is 11.4 Å². The number of nitriles is 2. The van der Waals surface area contributed by atoms with Gasteiger partial charge in [0.05, 0.1) is 11.1 Å². The van der Waals surface area contributed by atoms with E-state index >= 15 is 0 Å². The van der Waals surface area contributed by atoms with Gasteiger partial charge in [-0.25, -0.2) is 9.98 Å². The van der Waals surface area contributed by atoms with E-state index in [1.165, 1.54) is 22.7 Å². The quantitative estimate of drug-likeness (QED) is 0.183. The van der Waals surface area contributed by atoms with Gasteiger partial charge in [-0.15, -0.1) is 22.7 Å². The van der Waals surface area contributed by atoms with E-state index < -0.39 is 0 Å². The molecule has 3 aromatic carbocycles. The summed E-state index contributed by atoms with van der Waals surface area (Å²) in [6.45, 7) is 0. The molecule has 0 atom stereocenters. The minimum atomic E-state index is 0.218. The first-order chi connectivity index (χ1) is 20.5. The molecule has 0 unspecified atom stereocenters. The molecule has 0 aliphatic carbocycles. The lowest BCUT2D eigenvalue weighted by Gasteiger charge is -2.21. The van der Waals surface area contributed by atoms with Crippen molar-refractivity contribution in [2.75, 3.05) is 0 Å². The molecule has 2 aliphatic heterocycles. The highest BCUT2D eigenvalue weighted by molar-refractivity contribution is 7.11. The molecule has 0 N–H and O–H groups in total. The van der Waals surface area contributed by atoms with E-state index in [0.717, 1.165) is 20.9 Å². The van der Waals surface area contributed by atoms with Crippen LogP contribution in [0, 0.1) is 22.7 Å². The summed E-state index contributed by atoms with van der Waals surface area (Å²) in [5.41, 5.74) is 3.79. The third kappa shape index (κ3) is 4.57. The highest BCUT2D eigenvalue weighted by Gasteiger charge is 2.27. The Hall–Kier alpha value is -4.70. The Morgan fingerprint density at radius 2 is 1.14 bits per heavy atom. The zero-order chi connectivity index (χ0) is 28.8. The Balaban J connectivity index is 1.28. The van der Waals surface area contributed by atoms with Crippen LogP contribution >= 0.6 is 45.9 Å². The molecule has 0 bridgehead atoms. The molecule has 2 aromatic heterocycles. The van der Waals surface area contributed by atoms with Crippen molar-refractivity contribution in [3.05, 3.63) is 113 Å². The third-order valence-corrected chi connectivity index (χ3v) is 9.04. The molecular formula is C32H14Cl2N4O2S2. The fourth-order valence-corrected chi connectivity index (χ4v) is 6.47. The lowest BCUT2D eigenvalue weighted by Crippen LogP contribution is -2.22. The van der Waals surface area contributed by atoms with E-state index in [-0.39, 0.29) is 21.5 Å². The fourth-order valence-electron chi connectivity index (χ4n) is 4.57. The number of thiophene rings is 2. The third-order valence-electron chi connectivity index (χ3n) is 6.54. The average molecular weight is 622 g/mol. The van der Waals surface area contributed by atoms with Gasteiger partial charge in [0.2, 0.25) is 0 Å². The Morgan fingerprint density at radius 3 is 1.52 bits per heavy atom. The molecule has 0 fully saturated rings. The first-order valence-electron chi connectivity index (χ1n) is 12.5. The minimum Gasteiger partial charge on any atom is -0.451 e. The van der Waals surface area contributed by atoms with Crippen LogP contribution < -0.4 is 20.2 Å². The summed E-state index contributed by atoms with van der Waals surface area (Å²) in [4.78, 5) is 11.2. The Morgan fingerprint density at radius 1 is 0.690 bits per heavy atom. The lowest BCUT2D eigenvalue weighted by molar-refractivity contribution is 0.451. The molecule has 6 nitrogen and oxygen atoms in total. The molecular weight excluding hydrogens is 607 g/mol. The Bertz CT molecular complexity index is 2030. The molecule has 42 heavy (non-hydrogen) atoms. The van der Waals surface area contributed by atoms with Gasteiger partial charge in [0, 0.05) is 9.75 Å². The van der Waals surface area contributed by atoms with Gasteiger partial charge in [0.1, 0.15) is 44.3 Å². The lowest BCUT2D eigenvalue weighted by atomic mass is 10.1. The number of halogens is 2. The van der Waals surface area contributed by atoms with Gasteiger partial charge in [-0.05, 0) is 70.4 Å². The average Bonchev–Trinajstić information content (AvgIpc) is 3.75. The van der Waals surface area contributed by atoms with Crippen LogP contribution in [-0.2, 0) is 0 Å². The topological polar surface area (TPSA) is 90.8 Å². The number of fused-ring (bicyclic) bond motifs is 4. The zero-order valence-corrected chi connectivity index (χ0v) is 24.4. The van der Waals surface area contributed by atoms with Crippen LogP contribution in [0.25, 0.3) is 23.3 Å². The van der Waals surface area contributed by atoms with Crippen LogP contribution in [0.2, 0.25) is 10.0 Å². The van der Waals surface area contributed by atoms with E-state index in [1.807, 2.05) is 47.2 Å². The number of hydrogen-bond acceptors (Lipinski definition) is 8. The highest BCUT2D eigenvalue weighted by atomic mass is 35.5. The second-order valence-electron chi connectivity index (χ2n) is 9.16. The van der Waals surface area contributed by atoms with Gasteiger partial charge in [-0.3, -0.25) is 0 Å². The molecule has 0 saturated carbocycles. The number of ether oxygens (including phenoxy) is 2. The van der Waals surface area contributed by atoms with Crippen molar-refractivity contribution < 1.29 is 9.47 Å². The monoisotopic (exact) mass is 620 g/mol. The number of hydrogen-bond donors (Lipinski definition) is 0. The smallest absolute Gasteiger partial charge is 0.175 e. The molecule has 4 heterocycles. The van der Waals surface area contributed by atoms with E-state index in [2.05, 4.69) is 12.1 Å². The molecule has 200 valence electrons. The summed E-state index contributed by atoms with van der Waals surface area (Å²) >= 11 is 16.6. The van der Waals surface area contributed by atoms with Gasteiger partial charge < -0.3 is 9.47 Å². The summed E-state index contributed by atoms with van der Waals surface area (Å²) in [7, 11) is 0. The van der Waals surface area contributed by atoms with Gasteiger partial charge in [0.15, 0.2) is 23.0 Å². The predicted molar refractivity (Wildman–Crippen MR) is 167 cm³/mol. The maximum absolute atomic E-state index is 9.65. The van der Waals surface area contributed by atoms with Crippen LogP contribution in [-0.4, -0.2) is 0 Å². The van der Waals surface area contributed by atoms with Crippen molar-refractivity contribution in [2.45, 2.75) is 0 Å². The molecule has 5 aromatic rings. The highest BCUT2D eigenvalue weighted by Crippen LogP contribution is 2.43. The van der Waals surface area contributed by atoms with E-state index in [9.17, 15) is 10.5 Å². The Kier molecular flexibility index (Phi) is 6.62. The molecule has 0 spiro atoms. The maximum Gasteiger partial charge on any atom is 0.175 e. The normalized spacial score (nSPS) is 13.0. The Labute approximate surface area is 257 Å². The maximum atomic E-state index is 9.65. The first-order valence-corrected chi connectivity index (χ1v) is 15.0. The summed E-state index contributed by atoms with van der Waals surface area (Å²) in [6.07, 6.45) is 3.60. The molecule has 2 aliphatic rings. The summed E-state index contributed by atoms with van der Waals surface area (Å²) in [5.74, 6) is 1.51. The predicted octanol–water partition coefficient (Wildman–Crippen LogP) is 9.36. The largest absolute Gasteiger partial charge is 0.451 e.